The van der Waals surface area contributed by atoms with Crippen LogP contribution < -0.4 is 0 Å². The Balaban J connectivity index is 2.03. The lowest BCUT2D eigenvalue weighted by molar-refractivity contribution is -0.187. The molecule has 1 saturated heterocycles. The van der Waals surface area contributed by atoms with Gasteiger partial charge in [0, 0.05) is 6.54 Å². The van der Waals surface area contributed by atoms with Crippen molar-refractivity contribution in [3.8, 4) is 0 Å². The molecule has 0 saturated carbocycles. The maximum absolute atomic E-state index is 12.7. The largest absolute Gasteiger partial charge is 0.478 e. The number of rotatable bonds is 3. The third kappa shape index (κ3) is 3.28. The van der Waals surface area contributed by atoms with E-state index in [1.807, 2.05) is 0 Å². The van der Waals surface area contributed by atoms with E-state index in [4.69, 9.17) is 9.52 Å². The van der Waals surface area contributed by atoms with Crippen LogP contribution in [-0.2, 0) is 6.54 Å². The lowest BCUT2D eigenvalue weighted by atomic mass is 9.97. The number of carbonyl (C=O) groups is 1. The standard InChI is InChI=1S/C12H14F3NO3/c13-12(14,15)8-2-1-4-16(6-8)7-10-9(11(17)18)3-5-19-10/h3,5,8H,1-2,4,6-7H2,(H,17,18). The zero-order valence-corrected chi connectivity index (χ0v) is 10.1. The van der Waals surface area contributed by atoms with Gasteiger partial charge in [-0.2, -0.15) is 13.2 Å². The first kappa shape index (κ1) is 13.9. The second-order valence-electron chi connectivity index (χ2n) is 4.68. The number of aromatic carboxylic acids is 1. The minimum absolute atomic E-state index is 0.00846. The molecule has 1 aromatic rings. The highest BCUT2D eigenvalue weighted by atomic mass is 19.4. The number of likely N-dealkylation sites (tertiary alicyclic amines) is 1. The van der Waals surface area contributed by atoms with Crippen molar-refractivity contribution in [2.24, 2.45) is 5.92 Å². The molecule has 0 aliphatic carbocycles. The Morgan fingerprint density at radius 2 is 2.26 bits per heavy atom. The van der Waals surface area contributed by atoms with Crippen LogP contribution in [0, 0.1) is 5.92 Å². The number of carboxylic acid groups (broad SMARTS) is 1. The topological polar surface area (TPSA) is 53.7 Å². The Kier molecular flexibility index (Phi) is 3.84. The van der Waals surface area contributed by atoms with Gasteiger partial charge < -0.3 is 9.52 Å². The van der Waals surface area contributed by atoms with Crippen LogP contribution >= 0.6 is 0 Å². The van der Waals surface area contributed by atoms with Gasteiger partial charge in [-0.3, -0.25) is 4.90 Å². The Morgan fingerprint density at radius 3 is 2.89 bits per heavy atom. The molecule has 0 amide bonds. The second-order valence-corrected chi connectivity index (χ2v) is 4.68. The number of alkyl halides is 3. The molecule has 0 bridgehead atoms. The Labute approximate surface area is 107 Å². The first-order chi connectivity index (χ1) is 8.88. The SMILES string of the molecule is O=C(O)c1ccoc1CN1CCCC(C(F)(F)F)C1. The first-order valence-electron chi connectivity index (χ1n) is 5.96. The van der Waals surface area contributed by atoms with Crippen molar-refractivity contribution >= 4 is 5.97 Å². The van der Waals surface area contributed by atoms with E-state index in [-0.39, 0.29) is 30.8 Å². The molecule has 0 aromatic carbocycles. The average molecular weight is 277 g/mol. The van der Waals surface area contributed by atoms with E-state index < -0.39 is 18.1 Å². The number of hydrogen-bond donors (Lipinski definition) is 1. The maximum atomic E-state index is 12.7. The molecule has 0 radical (unpaired) electrons. The normalized spacial score (nSPS) is 21.5. The summed E-state index contributed by atoms with van der Waals surface area (Å²) in [5, 5.41) is 8.91. The second kappa shape index (κ2) is 5.24. The van der Waals surface area contributed by atoms with Crippen LogP contribution in [0.15, 0.2) is 16.7 Å². The van der Waals surface area contributed by atoms with E-state index in [9.17, 15) is 18.0 Å². The van der Waals surface area contributed by atoms with E-state index in [0.29, 0.717) is 13.0 Å². The molecule has 2 rings (SSSR count). The molecule has 1 unspecified atom stereocenters. The third-order valence-electron chi connectivity index (χ3n) is 3.31. The average Bonchev–Trinajstić information content (AvgIpc) is 2.76. The maximum Gasteiger partial charge on any atom is 0.393 e. The number of piperidine rings is 1. The highest BCUT2D eigenvalue weighted by molar-refractivity contribution is 5.88. The highest BCUT2D eigenvalue weighted by Crippen LogP contribution is 2.33. The fraction of sp³-hybridized carbons (Fsp3) is 0.583. The van der Waals surface area contributed by atoms with E-state index >= 15 is 0 Å². The predicted molar refractivity (Wildman–Crippen MR) is 59.7 cm³/mol. The molecule has 1 N–H and O–H groups in total. The van der Waals surface area contributed by atoms with Gasteiger partial charge in [-0.25, -0.2) is 4.79 Å². The molecule has 7 heteroatoms. The smallest absolute Gasteiger partial charge is 0.393 e. The summed E-state index contributed by atoms with van der Waals surface area (Å²) in [5.41, 5.74) is 0.00846. The quantitative estimate of drug-likeness (QED) is 0.923. The monoisotopic (exact) mass is 277 g/mol. The van der Waals surface area contributed by atoms with Gasteiger partial charge in [0.1, 0.15) is 11.3 Å². The third-order valence-corrected chi connectivity index (χ3v) is 3.31. The van der Waals surface area contributed by atoms with Crippen LogP contribution in [0.5, 0.6) is 0 Å². The van der Waals surface area contributed by atoms with Gasteiger partial charge in [0.25, 0.3) is 0 Å². The Bertz CT molecular complexity index is 455. The highest BCUT2D eigenvalue weighted by Gasteiger charge is 2.41. The van der Waals surface area contributed by atoms with E-state index in [0.717, 1.165) is 0 Å². The molecule has 1 aromatic heterocycles. The molecule has 1 fully saturated rings. The van der Waals surface area contributed by atoms with Gasteiger partial charge in [0.15, 0.2) is 0 Å². The molecule has 1 aliphatic heterocycles. The summed E-state index contributed by atoms with van der Waals surface area (Å²) in [7, 11) is 0. The molecular formula is C12H14F3NO3. The van der Waals surface area contributed by atoms with Gasteiger partial charge in [-0.1, -0.05) is 0 Å². The number of furan rings is 1. The minimum atomic E-state index is -4.20. The summed E-state index contributed by atoms with van der Waals surface area (Å²) in [5.74, 6) is -2.27. The summed E-state index contributed by atoms with van der Waals surface area (Å²) in [4.78, 5) is 12.5. The van der Waals surface area contributed by atoms with E-state index in [1.54, 1.807) is 4.90 Å². The molecule has 4 nitrogen and oxygen atoms in total. The summed E-state index contributed by atoms with van der Waals surface area (Å²) in [6.07, 6.45) is -2.38. The lowest BCUT2D eigenvalue weighted by Gasteiger charge is -2.33. The molecule has 0 spiro atoms. The summed E-state index contributed by atoms with van der Waals surface area (Å²) >= 11 is 0. The van der Waals surface area contributed by atoms with Crippen LogP contribution in [-0.4, -0.2) is 35.2 Å². The van der Waals surface area contributed by atoms with Crippen molar-refractivity contribution < 1.29 is 27.5 Å². The van der Waals surface area contributed by atoms with Crippen LogP contribution in [0.25, 0.3) is 0 Å². The lowest BCUT2D eigenvalue weighted by Crippen LogP contribution is -2.41. The van der Waals surface area contributed by atoms with Crippen molar-refractivity contribution in [1.29, 1.82) is 0 Å². The Morgan fingerprint density at radius 1 is 1.53 bits per heavy atom. The van der Waals surface area contributed by atoms with Crippen molar-refractivity contribution in [2.75, 3.05) is 13.1 Å². The van der Waals surface area contributed by atoms with Gasteiger partial charge in [0.2, 0.25) is 0 Å². The van der Waals surface area contributed by atoms with Crippen LogP contribution in [0.3, 0.4) is 0 Å². The molecule has 106 valence electrons. The van der Waals surface area contributed by atoms with Crippen molar-refractivity contribution in [3.05, 3.63) is 23.7 Å². The molecular weight excluding hydrogens is 263 g/mol. The fourth-order valence-electron chi connectivity index (χ4n) is 2.32. The van der Waals surface area contributed by atoms with Crippen LogP contribution in [0.4, 0.5) is 13.2 Å². The Hall–Kier alpha value is -1.50. The van der Waals surface area contributed by atoms with Gasteiger partial charge in [-0.15, -0.1) is 0 Å². The minimum Gasteiger partial charge on any atom is -0.478 e. The first-order valence-corrected chi connectivity index (χ1v) is 5.96. The molecule has 1 atom stereocenters. The molecule has 19 heavy (non-hydrogen) atoms. The van der Waals surface area contributed by atoms with Crippen molar-refractivity contribution in [3.63, 3.8) is 0 Å². The zero-order valence-electron chi connectivity index (χ0n) is 10.1. The van der Waals surface area contributed by atoms with Gasteiger partial charge in [-0.05, 0) is 25.5 Å². The zero-order chi connectivity index (χ0) is 14.0. The van der Waals surface area contributed by atoms with E-state index in [1.165, 1.54) is 12.3 Å². The van der Waals surface area contributed by atoms with Gasteiger partial charge in [0.05, 0.1) is 18.7 Å². The molecule has 1 aliphatic rings. The van der Waals surface area contributed by atoms with Crippen molar-refractivity contribution in [1.82, 2.24) is 4.90 Å². The number of halogens is 3. The molecule has 2 heterocycles. The fourth-order valence-corrected chi connectivity index (χ4v) is 2.32. The summed E-state index contributed by atoms with van der Waals surface area (Å²) in [6.45, 7) is 0.511. The summed E-state index contributed by atoms with van der Waals surface area (Å²) < 4.78 is 43.0. The number of nitrogens with zero attached hydrogens (tertiary/aromatic N) is 1. The number of hydrogen-bond acceptors (Lipinski definition) is 3. The van der Waals surface area contributed by atoms with Crippen LogP contribution in [0.2, 0.25) is 0 Å². The van der Waals surface area contributed by atoms with Crippen LogP contribution in [0.1, 0.15) is 29.0 Å². The van der Waals surface area contributed by atoms with Crippen molar-refractivity contribution in [2.45, 2.75) is 25.6 Å². The predicted octanol–water partition coefficient (Wildman–Crippen LogP) is 2.75. The number of carboxylic acids is 1. The van der Waals surface area contributed by atoms with Gasteiger partial charge >= 0.3 is 12.1 Å². The summed E-state index contributed by atoms with van der Waals surface area (Å²) in [6, 6.07) is 1.31. The van der Waals surface area contributed by atoms with E-state index in [2.05, 4.69) is 0 Å².